The van der Waals surface area contributed by atoms with Gasteiger partial charge in [-0.15, -0.1) is 11.3 Å². The van der Waals surface area contributed by atoms with Gasteiger partial charge < -0.3 is 10.4 Å². The third-order valence-electron chi connectivity index (χ3n) is 4.23. The molecule has 2 aromatic rings. The molecule has 122 valence electrons. The molecule has 0 aliphatic carbocycles. The number of aliphatic hydroxyl groups is 1. The SMILES string of the molecule is Cc1csc(NC(=O)CN2CCC(O)(c3ccccc3)CC2)n1. The zero-order valence-electron chi connectivity index (χ0n) is 13.2. The van der Waals surface area contributed by atoms with Gasteiger partial charge in [-0.25, -0.2) is 4.98 Å². The van der Waals surface area contributed by atoms with Crippen molar-refractivity contribution in [2.24, 2.45) is 0 Å². The van der Waals surface area contributed by atoms with Gasteiger partial charge in [-0.2, -0.15) is 0 Å². The number of aromatic nitrogens is 1. The second-order valence-corrected chi connectivity index (χ2v) is 6.87. The van der Waals surface area contributed by atoms with Crippen LogP contribution in [-0.4, -0.2) is 40.5 Å². The summed E-state index contributed by atoms with van der Waals surface area (Å²) in [6.07, 6.45) is 1.28. The number of nitrogens with zero attached hydrogens (tertiary/aromatic N) is 2. The third-order valence-corrected chi connectivity index (χ3v) is 5.10. The lowest BCUT2D eigenvalue weighted by Crippen LogP contribution is -2.45. The summed E-state index contributed by atoms with van der Waals surface area (Å²) in [7, 11) is 0. The Morgan fingerprint density at radius 3 is 2.65 bits per heavy atom. The smallest absolute Gasteiger partial charge is 0.240 e. The highest BCUT2D eigenvalue weighted by Crippen LogP contribution is 2.32. The van der Waals surface area contributed by atoms with E-state index in [1.807, 2.05) is 42.6 Å². The van der Waals surface area contributed by atoms with Gasteiger partial charge in [0, 0.05) is 18.5 Å². The van der Waals surface area contributed by atoms with Crippen molar-refractivity contribution < 1.29 is 9.90 Å². The summed E-state index contributed by atoms with van der Waals surface area (Å²) < 4.78 is 0. The Morgan fingerprint density at radius 1 is 1.35 bits per heavy atom. The molecule has 5 nitrogen and oxygen atoms in total. The van der Waals surface area contributed by atoms with Crippen molar-refractivity contribution in [2.75, 3.05) is 25.0 Å². The highest BCUT2D eigenvalue weighted by molar-refractivity contribution is 7.13. The molecule has 3 rings (SSSR count). The number of aryl methyl sites for hydroxylation is 1. The summed E-state index contributed by atoms with van der Waals surface area (Å²) in [6, 6.07) is 9.78. The Hall–Kier alpha value is -1.76. The van der Waals surface area contributed by atoms with Gasteiger partial charge in [0.1, 0.15) is 0 Å². The van der Waals surface area contributed by atoms with Crippen molar-refractivity contribution in [3.05, 3.63) is 47.0 Å². The van der Waals surface area contributed by atoms with E-state index >= 15 is 0 Å². The number of carbonyl (C=O) groups excluding carboxylic acids is 1. The van der Waals surface area contributed by atoms with Gasteiger partial charge in [-0.1, -0.05) is 30.3 Å². The van der Waals surface area contributed by atoms with Crippen LogP contribution in [0.25, 0.3) is 0 Å². The van der Waals surface area contributed by atoms with Gasteiger partial charge in [0.2, 0.25) is 5.91 Å². The average molecular weight is 331 g/mol. The largest absolute Gasteiger partial charge is 0.385 e. The van der Waals surface area contributed by atoms with E-state index in [0.29, 0.717) is 37.6 Å². The van der Waals surface area contributed by atoms with Crippen molar-refractivity contribution in [1.82, 2.24) is 9.88 Å². The third kappa shape index (κ3) is 3.96. The van der Waals surface area contributed by atoms with Crippen molar-refractivity contribution in [3.63, 3.8) is 0 Å². The molecule has 6 heteroatoms. The van der Waals surface area contributed by atoms with Crippen molar-refractivity contribution in [3.8, 4) is 0 Å². The average Bonchev–Trinajstić information content (AvgIpc) is 2.95. The number of benzene rings is 1. The molecule has 0 radical (unpaired) electrons. The van der Waals surface area contributed by atoms with Crippen molar-refractivity contribution >= 4 is 22.4 Å². The van der Waals surface area contributed by atoms with Crippen LogP contribution in [0.15, 0.2) is 35.7 Å². The zero-order chi connectivity index (χ0) is 16.3. The molecule has 1 aliphatic rings. The molecule has 1 aromatic heterocycles. The predicted octanol–water partition coefficient (Wildman–Crippen LogP) is 2.37. The number of hydrogen-bond donors (Lipinski definition) is 2. The monoisotopic (exact) mass is 331 g/mol. The van der Waals surface area contributed by atoms with E-state index in [0.717, 1.165) is 11.3 Å². The molecule has 0 atom stereocenters. The van der Waals surface area contributed by atoms with Gasteiger partial charge in [-0.3, -0.25) is 9.69 Å². The number of thiazole rings is 1. The summed E-state index contributed by atoms with van der Waals surface area (Å²) in [5, 5.41) is 16.2. The maximum Gasteiger partial charge on any atom is 0.240 e. The molecule has 0 unspecified atom stereocenters. The molecule has 1 aromatic carbocycles. The normalized spacial score (nSPS) is 17.8. The molecular weight excluding hydrogens is 310 g/mol. The van der Waals surface area contributed by atoms with Crippen LogP contribution < -0.4 is 5.32 Å². The molecule has 1 saturated heterocycles. The van der Waals surface area contributed by atoms with Crippen LogP contribution in [0.4, 0.5) is 5.13 Å². The Bertz CT molecular complexity index is 663. The second kappa shape index (κ2) is 6.78. The summed E-state index contributed by atoms with van der Waals surface area (Å²) in [4.78, 5) is 18.4. The van der Waals surface area contributed by atoms with E-state index in [4.69, 9.17) is 0 Å². The summed E-state index contributed by atoms with van der Waals surface area (Å²) in [5.41, 5.74) is 1.10. The Kier molecular flexibility index (Phi) is 4.75. The van der Waals surface area contributed by atoms with Crippen LogP contribution in [0.3, 0.4) is 0 Å². The first-order valence-electron chi connectivity index (χ1n) is 7.77. The highest BCUT2D eigenvalue weighted by Gasteiger charge is 2.34. The molecule has 1 fully saturated rings. The van der Waals surface area contributed by atoms with Crippen LogP contribution in [0.1, 0.15) is 24.1 Å². The van der Waals surface area contributed by atoms with Crippen LogP contribution in [0.5, 0.6) is 0 Å². The van der Waals surface area contributed by atoms with E-state index in [1.165, 1.54) is 11.3 Å². The molecule has 0 saturated carbocycles. The number of amides is 1. The topological polar surface area (TPSA) is 65.5 Å². The molecule has 1 aliphatic heterocycles. The molecule has 0 bridgehead atoms. The van der Waals surface area contributed by atoms with Crippen LogP contribution >= 0.6 is 11.3 Å². The number of hydrogen-bond acceptors (Lipinski definition) is 5. The van der Waals surface area contributed by atoms with E-state index in [9.17, 15) is 9.90 Å². The summed E-state index contributed by atoms with van der Waals surface area (Å²) >= 11 is 1.44. The minimum Gasteiger partial charge on any atom is -0.385 e. The van der Waals surface area contributed by atoms with Gasteiger partial charge in [0.05, 0.1) is 17.8 Å². The number of rotatable bonds is 4. The first-order valence-corrected chi connectivity index (χ1v) is 8.65. The standard InChI is InChI=1S/C17H21N3O2S/c1-13-12-23-16(18-13)19-15(21)11-20-9-7-17(22,8-10-20)14-5-3-2-4-6-14/h2-6,12,22H,7-11H2,1H3,(H,18,19,21). The van der Waals surface area contributed by atoms with E-state index in [1.54, 1.807) is 0 Å². The van der Waals surface area contributed by atoms with Crippen LogP contribution in [0, 0.1) is 6.92 Å². The van der Waals surface area contributed by atoms with Gasteiger partial charge >= 0.3 is 0 Å². The zero-order valence-corrected chi connectivity index (χ0v) is 14.0. The predicted molar refractivity (Wildman–Crippen MR) is 91.5 cm³/mol. The Labute approximate surface area is 140 Å². The quantitative estimate of drug-likeness (QED) is 0.903. The fourth-order valence-electron chi connectivity index (χ4n) is 2.89. The van der Waals surface area contributed by atoms with Crippen LogP contribution in [-0.2, 0) is 10.4 Å². The van der Waals surface area contributed by atoms with E-state index in [-0.39, 0.29) is 5.91 Å². The molecule has 1 amide bonds. The number of anilines is 1. The number of piperidine rings is 1. The fraction of sp³-hybridized carbons (Fsp3) is 0.412. The first-order chi connectivity index (χ1) is 11.0. The van der Waals surface area contributed by atoms with Gasteiger partial charge in [0.25, 0.3) is 0 Å². The van der Waals surface area contributed by atoms with E-state index in [2.05, 4.69) is 15.2 Å². The lowest BCUT2D eigenvalue weighted by molar-refractivity contribution is -0.118. The van der Waals surface area contributed by atoms with Gasteiger partial charge in [-0.05, 0) is 25.3 Å². The molecule has 23 heavy (non-hydrogen) atoms. The summed E-state index contributed by atoms with van der Waals surface area (Å²) in [6.45, 7) is 3.65. The minimum atomic E-state index is -0.777. The van der Waals surface area contributed by atoms with Crippen molar-refractivity contribution in [2.45, 2.75) is 25.4 Å². The highest BCUT2D eigenvalue weighted by atomic mass is 32.1. The number of nitrogens with one attached hydrogen (secondary N) is 1. The van der Waals surface area contributed by atoms with E-state index < -0.39 is 5.60 Å². The maximum absolute atomic E-state index is 12.1. The first kappa shape index (κ1) is 16.1. The number of carbonyl (C=O) groups is 1. The van der Waals surface area contributed by atoms with Crippen molar-refractivity contribution in [1.29, 1.82) is 0 Å². The Morgan fingerprint density at radius 2 is 2.04 bits per heavy atom. The fourth-order valence-corrected chi connectivity index (χ4v) is 3.60. The van der Waals surface area contributed by atoms with Crippen LogP contribution in [0.2, 0.25) is 0 Å². The minimum absolute atomic E-state index is 0.0514. The Balaban J connectivity index is 1.52. The second-order valence-electron chi connectivity index (χ2n) is 6.02. The lowest BCUT2D eigenvalue weighted by Gasteiger charge is -2.38. The molecule has 0 spiro atoms. The molecular formula is C17H21N3O2S. The summed E-state index contributed by atoms with van der Waals surface area (Å²) in [5.74, 6) is -0.0514. The molecule has 2 heterocycles. The van der Waals surface area contributed by atoms with Gasteiger partial charge in [0.15, 0.2) is 5.13 Å². The number of likely N-dealkylation sites (tertiary alicyclic amines) is 1. The lowest BCUT2D eigenvalue weighted by atomic mass is 9.84. The molecule has 2 N–H and O–H groups in total. The maximum atomic E-state index is 12.1.